The standard InChI is InChI=1S/C33H40Cl4N4O6/c34-22-8-20(32(46)28(30(22)36)24-4-16(10-38-24)6-26(44)40-3-1-2-19(43)14-40)21-9-23(35)31(37)29(33(21)47)25-5-17(11-39-25)7-27(45)41-12-18(13-41)15-42/h8-9,16-19,24-25,38-39,42-43,46-47H,1-7,10-15H2/t16-,17-,19-,24+,25+/m0/s1. The molecule has 5 atom stereocenters. The maximum absolute atomic E-state index is 13.0. The van der Waals surface area contributed by atoms with Crippen LogP contribution in [-0.4, -0.2) is 94.0 Å². The van der Waals surface area contributed by atoms with Crippen LogP contribution in [-0.2, 0) is 9.59 Å². The minimum Gasteiger partial charge on any atom is -0.507 e. The molecule has 0 radical (unpaired) electrons. The number of amides is 2. The minimum atomic E-state index is -0.493. The Labute approximate surface area is 293 Å². The Hall–Kier alpha value is -2.02. The number of aliphatic hydroxyl groups excluding tert-OH is 2. The third kappa shape index (κ3) is 7.17. The van der Waals surface area contributed by atoms with E-state index in [0.29, 0.717) is 82.5 Å². The molecule has 10 nitrogen and oxygen atoms in total. The first-order valence-corrected chi connectivity index (χ1v) is 17.7. The number of halogens is 4. The number of phenolic OH excluding ortho intramolecular Hbond substituents is 2. The molecule has 2 aromatic rings. The Morgan fingerprint density at radius 1 is 0.766 bits per heavy atom. The summed E-state index contributed by atoms with van der Waals surface area (Å²) in [6.45, 7) is 3.27. The molecule has 2 aromatic carbocycles. The van der Waals surface area contributed by atoms with Crippen LogP contribution in [0.3, 0.4) is 0 Å². The smallest absolute Gasteiger partial charge is 0.222 e. The first-order valence-electron chi connectivity index (χ1n) is 16.2. The maximum Gasteiger partial charge on any atom is 0.222 e. The summed E-state index contributed by atoms with van der Waals surface area (Å²) in [4.78, 5) is 29.2. The van der Waals surface area contributed by atoms with Crippen molar-refractivity contribution < 1.29 is 30.0 Å². The maximum atomic E-state index is 13.0. The first kappa shape index (κ1) is 34.8. The molecule has 4 fully saturated rings. The lowest BCUT2D eigenvalue weighted by Crippen LogP contribution is -2.51. The van der Waals surface area contributed by atoms with Crippen molar-refractivity contribution in [3.63, 3.8) is 0 Å². The van der Waals surface area contributed by atoms with Gasteiger partial charge in [0.1, 0.15) is 11.5 Å². The van der Waals surface area contributed by atoms with Gasteiger partial charge in [-0.05, 0) is 62.7 Å². The second-order valence-corrected chi connectivity index (χ2v) is 15.1. The zero-order valence-corrected chi connectivity index (χ0v) is 28.8. The van der Waals surface area contributed by atoms with E-state index in [2.05, 4.69) is 10.6 Å². The van der Waals surface area contributed by atoms with Gasteiger partial charge in [0.25, 0.3) is 0 Å². The lowest BCUT2D eigenvalue weighted by molar-refractivity contribution is -0.139. The molecule has 4 aliphatic rings. The van der Waals surface area contributed by atoms with E-state index in [-0.39, 0.29) is 84.9 Å². The molecule has 0 aromatic heterocycles. The molecule has 0 unspecified atom stereocenters. The van der Waals surface area contributed by atoms with E-state index in [1.54, 1.807) is 9.80 Å². The second kappa shape index (κ2) is 14.5. The molecule has 4 saturated heterocycles. The van der Waals surface area contributed by atoms with Crippen LogP contribution in [0.1, 0.15) is 61.7 Å². The zero-order chi connectivity index (χ0) is 33.6. The van der Waals surface area contributed by atoms with Crippen molar-refractivity contribution in [1.29, 1.82) is 0 Å². The predicted molar refractivity (Wildman–Crippen MR) is 181 cm³/mol. The number of carbonyl (C=O) groups is 2. The van der Waals surface area contributed by atoms with Crippen molar-refractivity contribution in [1.82, 2.24) is 20.4 Å². The highest BCUT2D eigenvalue weighted by molar-refractivity contribution is 6.44. The number of β-amino-alcohol motifs (C(OH)–C–C–N with tert-alkyl or cyclic N) is 1. The fourth-order valence-corrected chi connectivity index (χ4v) is 8.48. The Kier molecular flexibility index (Phi) is 10.7. The van der Waals surface area contributed by atoms with Crippen molar-refractivity contribution >= 4 is 58.2 Å². The van der Waals surface area contributed by atoms with E-state index in [1.165, 1.54) is 12.1 Å². The number of nitrogens with zero attached hydrogens (tertiary/aromatic N) is 2. The molecule has 0 aliphatic carbocycles. The largest absolute Gasteiger partial charge is 0.507 e. The van der Waals surface area contributed by atoms with E-state index in [0.717, 1.165) is 6.42 Å². The van der Waals surface area contributed by atoms with Crippen molar-refractivity contribution in [3.05, 3.63) is 43.4 Å². The Balaban J connectivity index is 1.21. The molecule has 4 aliphatic heterocycles. The fourth-order valence-electron chi connectivity index (χ4n) is 7.51. The van der Waals surface area contributed by atoms with Crippen molar-refractivity contribution in [2.75, 3.05) is 45.9 Å². The molecule has 47 heavy (non-hydrogen) atoms. The van der Waals surface area contributed by atoms with Crippen LogP contribution in [0.15, 0.2) is 12.1 Å². The summed E-state index contributed by atoms with van der Waals surface area (Å²) in [7, 11) is 0. The zero-order valence-electron chi connectivity index (χ0n) is 25.8. The summed E-state index contributed by atoms with van der Waals surface area (Å²) in [6, 6.07) is 2.18. The molecule has 0 spiro atoms. The van der Waals surface area contributed by atoms with E-state index >= 15 is 0 Å². The number of carbonyl (C=O) groups excluding carboxylic acids is 2. The van der Waals surface area contributed by atoms with Crippen LogP contribution < -0.4 is 10.6 Å². The average Bonchev–Trinajstić information content (AvgIpc) is 3.66. The average molecular weight is 731 g/mol. The number of phenols is 2. The molecule has 2 amide bonds. The van der Waals surface area contributed by atoms with E-state index in [4.69, 9.17) is 46.4 Å². The molecule has 6 N–H and O–H groups in total. The summed E-state index contributed by atoms with van der Waals surface area (Å²) < 4.78 is 0. The highest BCUT2D eigenvalue weighted by Gasteiger charge is 2.37. The highest BCUT2D eigenvalue weighted by atomic mass is 35.5. The number of piperidine rings is 1. The van der Waals surface area contributed by atoms with Gasteiger partial charge in [0, 0.05) is 85.9 Å². The van der Waals surface area contributed by atoms with Gasteiger partial charge < -0.3 is 40.9 Å². The first-order chi connectivity index (χ1) is 22.4. The van der Waals surface area contributed by atoms with Gasteiger partial charge in [-0.1, -0.05) is 46.4 Å². The second-order valence-electron chi connectivity index (χ2n) is 13.5. The SMILES string of the molecule is O=C(C[C@H]1CN[C@@H](c2c(O)c(-c3cc(Cl)c(Cl)c([C@H]4C[C@@H](CC(=O)N5CCC[C@H](O)C5)CN4)c3O)cc(Cl)c2Cl)C1)N1CC(CO)C1. The van der Waals surface area contributed by atoms with Crippen LogP contribution in [0.4, 0.5) is 0 Å². The van der Waals surface area contributed by atoms with Crippen LogP contribution in [0, 0.1) is 17.8 Å². The third-order valence-corrected chi connectivity index (χ3v) is 11.7. The quantitative estimate of drug-likeness (QED) is 0.225. The van der Waals surface area contributed by atoms with Crippen LogP contribution in [0.25, 0.3) is 11.1 Å². The van der Waals surface area contributed by atoms with Crippen molar-refractivity contribution in [2.24, 2.45) is 17.8 Å². The molecule has 4 heterocycles. The normalized spacial score (nSPS) is 26.6. The molecule has 0 saturated carbocycles. The van der Waals surface area contributed by atoms with E-state index in [9.17, 15) is 30.0 Å². The van der Waals surface area contributed by atoms with E-state index < -0.39 is 12.1 Å². The number of likely N-dealkylation sites (tertiary alicyclic amines) is 2. The van der Waals surface area contributed by atoms with Gasteiger partial charge in [0.15, 0.2) is 0 Å². The van der Waals surface area contributed by atoms with Gasteiger partial charge in [-0.2, -0.15) is 0 Å². The Morgan fingerprint density at radius 2 is 1.26 bits per heavy atom. The van der Waals surface area contributed by atoms with Crippen LogP contribution >= 0.6 is 46.4 Å². The predicted octanol–water partition coefficient (Wildman–Crippen LogP) is 4.89. The topological polar surface area (TPSA) is 146 Å². The lowest BCUT2D eigenvalue weighted by Gasteiger charge is -2.38. The van der Waals surface area contributed by atoms with Gasteiger partial charge in [0.05, 0.1) is 26.2 Å². The van der Waals surface area contributed by atoms with Crippen LogP contribution in [0.2, 0.25) is 20.1 Å². The van der Waals surface area contributed by atoms with Crippen molar-refractivity contribution in [3.8, 4) is 22.6 Å². The van der Waals surface area contributed by atoms with Gasteiger partial charge in [0.2, 0.25) is 11.8 Å². The number of nitrogens with one attached hydrogen (secondary N) is 2. The van der Waals surface area contributed by atoms with Crippen molar-refractivity contribution in [2.45, 2.75) is 56.7 Å². The summed E-state index contributed by atoms with van der Waals surface area (Å²) in [5.74, 6) is -0.159. The molecule has 14 heteroatoms. The lowest BCUT2D eigenvalue weighted by atomic mass is 9.90. The number of hydrogen-bond acceptors (Lipinski definition) is 8. The van der Waals surface area contributed by atoms with E-state index in [1.807, 2.05) is 0 Å². The molecule has 6 rings (SSSR count). The molecule has 0 bridgehead atoms. The molecular formula is C33H40Cl4N4O6. The van der Waals surface area contributed by atoms with Gasteiger partial charge >= 0.3 is 0 Å². The highest BCUT2D eigenvalue weighted by Crippen LogP contribution is 2.52. The summed E-state index contributed by atoms with van der Waals surface area (Å²) in [5, 5.41) is 50.0. The van der Waals surface area contributed by atoms with Gasteiger partial charge in [-0.3, -0.25) is 9.59 Å². The Morgan fingerprint density at radius 3 is 1.72 bits per heavy atom. The summed E-state index contributed by atoms with van der Waals surface area (Å²) >= 11 is 26.6. The Bertz CT molecular complexity index is 1540. The van der Waals surface area contributed by atoms with Gasteiger partial charge in [-0.25, -0.2) is 0 Å². The number of aromatic hydroxyl groups is 2. The number of aliphatic hydroxyl groups is 2. The molecular weight excluding hydrogens is 690 g/mol. The number of hydrogen-bond donors (Lipinski definition) is 6. The van der Waals surface area contributed by atoms with Gasteiger partial charge in [-0.15, -0.1) is 0 Å². The fraction of sp³-hybridized carbons (Fsp3) is 0.576. The monoisotopic (exact) mass is 728 g/mol. The summed E-state index contributed by atoms with van der Waals surface area (Å²) in [6.07, 6.45) is 2.69. The number of benzene rings is 2. The molecule has 256 valence electrons. The summed E-state index contributed by atoms with van der Waals surface area (Å²) in [5.41, 5.74) is 1.21. The number of rotatable bonds is 8. The van der Waals surface area contributed by atoms with Crippen LogP contribution in [0.5, 0.6) is 11.5 Å². The third-order valence-electron chi connectivity index (χ3n) is 10.1. The minimum absolute atomic E-state index is 0.00503.